The molecule has 0 unspecified atom stereocenters. The molecule has 2 nitrogen and oxygen atoms in total. The van der Waals surface area contributed by atoms with Crippen molar-refractivity contribution in [2.75, 3.05) is 0 Å². The number of alkyl halides is 3. The highest BCUT2D eigenvalue weighted by Crippen LogP contribution is 2.43. The minimum atomic E-state index is -4.78. The average molecular weight is 491 g/mol. The van der Waals surface area contributed by atoms with Gasteiger partial charge in [0.1, 0.15) is 17.3 Å². The van der Waals surface area contributed by atoms with Crippen LogP contribution in [0.15, 0.2) is 54.6 Å². The van der Waals surface area contributed by atoms with Gasteiger partial charge in [0.25, 0.3) is 0 Å². The van der Waals surface area contributed by atoms with E-state index in [1.54, 1.807) is 31.2 Å². The van der Waals surface area contributed by atoms with E-state index in [-0.39, 0.29) is 23.0 Å². The minimum absolute atomic E-state index is 0.0384. The van der Waals surface area contributed by atoms with Crippen LogP contribution in [0.5, 0.6) is 17.2 Å². The van der Waals surface area contributed by atoms with Crippen molar-refractivity contribution in [2.45, 2.75) is 58.2 Å². The molecule has 0 aliphatic heterocycles. The van der Waals surface area contributed by atoms with Gasteiger partial charge < -0.3 is 9.47 Å². The van der Waals surface area contributed by atoms with Gasteiger partial charge >= 0.3 is 6.36 Å². The van der Waals surface area contributed by atoms with Crippen molar-refractivity contribution in [3.05, 3.63) is 77.4 Å². The molecule has 3 aromatic rings. The summed E-state index contributed by atoms with van der Waals surface area (Å²) in [5.74, 6) is -0.917. The van der Waals surface area contributed by atoms with Gasteiger partial charge in [-0.2, -0.15) is 0 Å². The summed E-state index contributed by atoms with van der Waals surface area (Å²) in [6.45, 7) is 3.73. The minimum Gasteiger partial charge on any atom is -0.453 e. The molecule has 7 heteroatoms. The largest absolute Gasteiger partial charge is 0.573 e. The maximum Gasteiger partial charge on any atom is 0.573 e. The SMILES string of the molecule is CCC1CCC(c2c(F)cc(C)c(Oc3ccccc3-c3ccc(OC(F)(F)F)cc3)c2F)CC1. The molecule has 0 N–H and O–H groups in total. The van der Waals surface area contributed by atoms with E-state index in [4.69, 9.17) is 4.74 Å². The lowest BCUT2D eigenvalue weighted by molar-refractivity contribution is -0.274. The molecular formula is C28H27F5O2. The van der Waals surface area contributed by atoms with Gasteiger partial charge in [-0.25, -0.2) is 8.78 Å². The van der Waals surface area contributed by atoms with Crippen LogP contribution in [-0.4, -0.2) is 6.36 Å². The van der Waals surface area contributed by atoms with Crippen LogP contribution in [0.25, 0.3) is 11.1 Å². The summed E-state index contributed by atoms with van der Waals surface area (Å²) < 4.78 is 78.0. The standard InChI is InChI=1S/C28H27F5O2/c1-3-18-8-10-20(11-9-18)25-23(29)16-17(2)27(26(25)30)34-24-7-5-4-6-22(24)19-12-14-21(15-13-19)35-28(31,32)33/h4-7,12-16,18,20H,3,8-11H2,1-2H3. The first kappa shape index (κ1) is 25.0. The van der Waals surface area contributed by atoms with Crippen molar-refractivity contribution >= 4 is 0 Å². The van der Waals surface area contributed by atoms with Crippen molar-refractivity contribution in [1.29, 1.82) is 0 Å². The third kappa shape index (κ3) is 5.77. The van der Waals surface area contributed by atoms with E-state index in [9.17, 15) is 17.6 Å². The van der Waals surface area contributed by atoms with Gasteiger partial charge in [0, 0.05) is 11.1 Å². The first-order chi connectivity index (χ1) is 16.7. The van der Waals surface area contributed by atoms with Crippen LogP contribution >= 0.6 is 0 Å². The molecule has 0 spiro atoms. The molecule has 3 aromatic carbocycles. The molecule has 0 heterocycles. The Hall–Kier alpha value is -3.09. The molecule has 0 amide bonds. The molecule has 0 atom stereocenters. The van der Waals surface area contributed by atoms with Crippen LogP contribution in [0, 0.1) is 24.5 Å². The molecule has 0 bridgehead atoms. The van der Waals surface area contributed by atoms with Crippen molar-refractivity contribution in [3.8, 4) is 28.4 Å². The number of hydrogen-bond donors (Lipinski definition) is 0. The summed E-state index contributed by atoms with van der Waals surface area (Å²) >= 11 is 0. The van der Waals surface area contributed by atoms with E-state index in [1.807, 2.05) is 0 Å². The Labute approximate surface area is 201 Å². The second-order valence-corrected chi connectivity index (χ2v) is 9.03. The van der Waals surface area contributed by atoms with E-state index < -0.39 is 18.0 Å². The second kappa shape index (κ2) is 10.3. The van der Waals surface area contributed by atoms with Gasteiger partial charge in [0.15, 0.2) is 11.6 Å². The molecule has 0 saturated heterocycles. The van der Waals surface area contributed by atoms with Crippen LogP contribution in [-0.2, 0) is 0 Å². The number of aryl methyl sites for hydroxylation is 1. The highest BCUT2D eigenvalue weighted by atomic mass is 19.4. The van der Waals surface area contributed by atoms with Crippen molar-refractivity contribution in [3.63, 3.8) is 0 Å². The van der Waals surface area contributed by atoms with E-state index in [2.05, 4.69) is 11.7 Å². The number of halogens is 5. The zero-order valence-electron chi connectivity index (χ0n) is 19.6. The van der Waals surface area contributed by atoms with E-state index in [0.29, 0.717) is 28.4 Å². The van der Waals surface area contributed by atoms with Crippen LogP contribution < -0.4 is 9.47 Å². The Morgan fingerprint density at radius 1 is 0.914 bits per heavy atom. The fraction of sp³-hybridized carbons (Fsp3) is 0.357. The molecule has 1 fully saturated rings. The number of rotatable bonds is 6. The zero-order chi connectivity index (χ0) is 25.2. The number of ether oxygens (including phenoxy) is 2. The van der Waals surface area contributed by atoms with E-state index >= 15 is 4.39 Å². The number of benzene rings is 3. The molecule has 0 aromatic heterocycles. The number of para-hydroxylation sites is 1. The van der Waals surface area contributed by atoms with Crippen molar-refractivity contribution < 1.29 is 31.4 Å². The number of hydrogen-bond acceptors (Lipinski definition) is 2. The van der Waals surface area contributed by atoms with Gasteiger partial charge in [0.2, 0.25) is 0 Å². The third-order valence-corrected chi connectivity index (χ3v) is 6.72. The quantitative estimate of drug-likeness (QED) is 0.321. The summed E-state index contributed by atoms with van der Waals surface area (Å²) in [6.07, 6.45) is -0.356. The van der Waals surface area contributed by atoms with Gasteiger partial charge in [0.05, 0.1) is 0 Å². The maximum absolute atomic E-state index is 15.7. The highest BCUT2D eigenvalue weighted by molar-refractivity contribution is 5.71. The Kier molecular flexibility index (Phi) is 7.33. The molecule has 4 rings (SSSR count). The predicted molar refractivity (Wildman–Crippen MR) is 125 cm³/mol. The molecule has 35 heavy (non-hydrogen) atoms. The Morgan fingerprint density at radius 3 is 2.20 bits per heavy atom. The first-order valence-corrected chi connectivity index (χ1v) is 11.8. The summed E-state index contributed by atoms with van der Waals surface area (Å²) in [7, 11) is 0. The van der Waals surface area contributed by atoms with Crippen molar-refractivity contribution in [1.82, 2.24) is 0 Å². The average Bonchev–Trinajstić information content (AvgIpc) is 2.82. The summed E-state index contributed by atoms with van der Waals surface area (Å²) in [5.41, 5.74) is 1.52. The van der Waals surface area contributed by atoms with Gasteiger partial charge in [-0.05, 0) is 79.8 Å². The topological polar surface area (TPSA) is 18.5 Å². The summed E-state index contributed by atoms with van der Waals surface area (Å²) in [5, 5.41) is 0. The molecular weight excluding hydrogens is 463 g/mol. The van der Waals surface area contributed by atoms with Crippen LogP contribution in [0.1, 0.15) is 56.1 Å². The first-order valence-electron chi connectivity index (χ1n) is 11.8. The van der Waals surface area contributed by atoms with Gasteiger partial charge in [-0.3, -0.25) is 0 Å². The lowest BCUT2D eigenvalue weighted by atomic mass is 9.77. The summed E-state index contributed by atoms with van der Waals surface area (Å²) in [4.78, 5) is 0. The molecule has 186 valence electrons. The monoisotopic (exact) mass is 490 g/mol. The lowest BCUT2D eigenvalue weighted by Crippen LogP contribution is -2.16. The molecule has 1 aliphatic rings. The van der Waals surface area contributed by atoms with E-state index in [1.165, 1.54) is 30.3 Å². The Balaban J connectivity index is 1.64. The molecule has 1 aliphatic carbocycles. The lowest BCUT2D eigenvalue weighted by Gasteiger charge is -2.29. The highest BCUT2D eigenvalue weighted by Gasteiger charge is 2.31. The fourth-order valence-electron chi connectivity index (χ4n) is 4.83. The predicted octanol–water partition coefficient (Wildman–Crippen LogP) is 9.31. The normalized spacial score (nSPS) is 18.4. The Bertz CT molecular complexity index is 1160. The molecule has 0 radical (unpaired) electrons. The van der Waals surface area contributed by atoms with Crippen LogP contribution in [0.2, 0.25) is 0 Å². The van der Waals surface area contributed by atoms with E-state index in [0.717, 1.165) is 32.1 Å². The summed E-state index contributed by atoms with van der Waals surface area (Å²) in [6, 6.07) is 13.5. The Morgan fingerprint density at radius 2 is 1.57 bits per heavy atom. The molecule has 1 saturated carbocycles. The van der Waals surface area contributed by atoms with Gasteiger partial charge in [-0.1, -0.05) is 43.7 Å². The fourth-order valence-corrected chi connectivity index (χ4v) is 4.83. The van der Waals surface area contributed by atoms with Crippen molar-refractivity contribution in [2.24, 2.45) is 5.92 Å². The van der Waals surface area contributed by atoms with Crippen LogP contribution in [0.3, 0.4) is 0 Å². The third-order valence-electron chi connectivity index (χ3n) is 6.72. The zero-order valence-corrected chi connectivity index (χ0v) is 19.6. The maximum atomic E-state index is 15.7. The second-order valence-electron chi connectivity index (χ2n) is 9.03. The van der Waals surface area contributed by atoms with Crippen LogP contribution in [0.4, 0.5) is 22.0 Å². The van der Waals surface area contributed by atoms with Gasteiger partial charge in [-0.15, -0.1) is 13.2 Å². The smallest absolute Gasteiger partial charge is 0.453 e.